The van der Waals surface area contributed by atoms with Crippen LogP contribution in [0.1, 0.15) is 29.8 Å². The average molecular weight is 456 g/mol. The lowest BCUT2D eigenvalue weighted by Gasteiger charge is -2.18. The van der Waals surface area contributed by atoms with Gasteiger partial charge in [0.1, 0.15) is 5.01 Å². The fraction of sp³-hybridized carbons (Fsp3) is 0.500. The van der Waals surface area contributed by atoms with Gasteiger partial charge < -0.3 is 4.74 Å². The van der Waals surface area contributed by atoms with Gasteiger partial charge in [-0.25, -0.2) is 22.9 Å². The standard InChI is InChI=1S/C18H22FN5O4S2/c1-11-21-22-16(29-11)24-15-12(23(17(24)25)8-3-9-28-2)4-5-13(30(20,26)27)14(15)18(10-19)6-7-18/h4-5H,3,6-10H2,1-2H3,(H2,20,26,27). The number of nitrogens with zero attached hydrogens (tertiary/aromatic N) is 4. The Morgan fingerprint density at radius 1 is 1.33 bits per heavy atom. The average Bonchev–Trinajstić information content (AvgIpc) is 3.30. The first-order valence-electron chi connectivity index (χ1n) is 9.40. The second-order valence-electron chi connectivity index (χ2n) is 7.49. The molecule has 1 fully saturated rings. The van der Waals surface area contributed by atoms with Gasteiger partial charge in [-0.1, -0.05) is 11.3 Å². The van der Waals surface area contributed by atoms with E-state index in [9.17, 15) is 17.6 Å². The van der Waals surface area contributed by atoms with Crippen molar-refractivity contribution < 1.29 is 17.5 Å². The van der Waals surface area contributed by atoms with Gasteiger partial charge in [-0.15, -0.1) is 10.2 Å². The number of nitrogens with two attached hydrogens (primary N) is 1. The summed E-state index contributed by atoms with van der Waals surface area (Å²) in [6.07, 6.45) is 1.53. The van der Waals surface area contributed by atoms with E-state index in [2.05, 4.69) is 10.2 Å². The highest BCUT2D eigenvalue weighted by atomic mass is 32.2. The third-order valence-electron chi connectivity index (χ3n) is 5.44. The lowest BCUT2D eigenvalue weighted by atomic mass is 9.95. The minimum atomic E-state index is -4.14. The predicted octanol–water partition coefficient (Wildman–Crippen LogP) is 1.64. The molecule has 4 rings (SSSR count). The van der Waals surface area contributed by atoms with E-state index in [1.165, 1.54) is 26.5 Å². The summed E-state index contributed by atoms with van der Waals surface area (Å²) in [5.74, 6) is 0. The topological polar surface area (TPSA) is 122 Å². The molecule has 0 bridgehead atoms. The van der Waals surface area contributed by atoms with Crippen molar-refractivity contribution in [3.05, 3.63) is 33.2 Å². The lowest BCUT2D eigenvalue weighted by molar-refractivity contribution is 0.190. The van der Waals surface area contributed by atoms with Crippen LogP contribution in [0.25, 0.3) is 16.2 Å². The number of aromatic nitrogens is 4. The molecule has 9 nitrogen and oxygen atoms in total. The smallest absolute Gasteiger partial charge is 0.335 e. The molecule has 2 aromatic heterocycles. The molecule has 12 heteroatoms. The number of benzene rings is 1. The molecule has 1 saturated carbocycles. The van der Waals surface area contributed by atoms with Crippen LogP contribution in [0.5, 0.6) is 0 Å². The van der Waals surface area contributed by atoms with Crippen molar-refractivity contribution in [1.82, 2.24) is 19.3 Å². The van der Waals surface area contributed by atoms with E-state index in [-0.39, 0.29) is 16.1 Å². The van der Waals surface area contributed by atoms with E-state index in [0.29, 0.717) is 53.6 Å². The Morgan fingerprint density at radius 2 is 2.07 bits per heavy atom. The first-order valence-corrected chi connectivity index (χ1v) is 11.8. The van der Waals surface area contributed by atoms with E-state index < -0.39 is 22.1 Å². The highest BCUT2D eigenvalue weighted by molar-refractivity contribution is 7.89. The third-order valence-corrected chi connectivity index (χ3v) is 7.22. The molecule has 0 spiro atoms. The number of aryl methyl sites for hydroxylation is 2. The highest BCUT2D eigenvalue weighted by Gasteiger charge is 2.49. The van der Waals surface area contributed by atoms with Gasteiger partial charge in [0.2, 0.25) is 15.2 Å². The van der Waals surface area contributed by atoms with Gasteiger partial charge in [0.25, 0.3) is 0 Å². The molecule has 0 aliphatic heterocycles. The van der Waals surface area contributed by atoms with Crippen LogP contribution in [-0.2, 0) is 26.7 Å². The fourth-order valence-corrected chi connectivity index (χ4v) is 5.36. The van der Waals surface area contributed by atoms with E-state index in [0.717, 1.165) is 0 Å². The Bertz CT molecular complexity index is 1270. The molecular formula is C18H22FN5O4S2. The fourth-order valence-electron chi connectivity index (χ4n) is 3.81. The van der Waals surface area contributed by atoms with E-state index in [1.54, 1.807) is 20.1 Å². The van der Waals surface area contributed by atoms with Crippen molar-refractivity contribution in [2.75, 3.05) is 20.4 Å². The minimum Gasteiger partial charge on any atom is -0.385 e. The molecule has 1 aromatic carbocycles. The first-order chi connectivity index (χ1) is 14.2. The van der Waals surface area contributed by atoms with Crippen molar-refractivity contribution in [3.8, 4) is 5.13 Å². The maximum Gasteiger partial charge on any atom is 0.335 e. The zero-order chi connectivity index (χ0) is 21.7. The highest BCUT2D eigenvalue weighted by Crippen LogP contribution is 2.52. The number of ether oxygens (including phenoxy) is 1. The SMILES string of the molecule is COCCCn1c(=O)n(-c2nnc(C)s2)c2c(C3(CF)CC3)c(S(N)(=O)=O)ccc21. The molecule has 0 atom stereocenters. The van der Waals surface area contributed by atoms with E-state index in [4.69, 9.17) is 9.88 Å². The molecule has 162 valence electrons. The molecule has 1 aliphatic rings. The first kappa shape index (κ1) is 21.1. The Hall–Kier alpha value is -2.15. The Kier molecular flexibility index (Phi) is 5.29. The molecule has 2 N–H and O–H groups in total. The molecule has 1 aliphatic carbocycles. The summed E-state index contributed by atoms with van der Waals surface area (Å²) in [6, 6.07) is 2.91. The normalized spacial score (nSPS) is 15.7. The minimum absolute atomic E-state index is 0.158. The number of primary sulfonamides is 1. The number of fused-ring (bicyclic) bond motifs is 1. The summed E-state index contributed by atoms with van der Waals surface area (Å²) >= 11 is 1.20. The van der Waals surface area contributed by atoms with E-state index in [1.807, 2.05) is 0 Å². The molecule has 2 heterocycles. The van der Waals surface area contributed by atoms with Crippen LogP contribution in [0.15, 0.2) is 21.8 Å². The summed E-state index contributed by atoms with van der Waals surface area (Å²) < 4.78 is 46.8. The van der Waals surface area contributed by atoms with Crippen molar-refractivity contribution >= 4 is 32.4 Å². The van der Waals surface area contributed by atoms with Gasteiger partial charge in [-0.3, -0.25) is 8.96 Å². The van der Waals surface area contributed by atoms with Crippen molar-refractivity contribution in [2.45, 2.75) is 43.0 Å². The maximum atomic E-state index is 14.1. The van der Waals surface area contributed by atoms with Crippen LogP contribution in [0.3, 0.4) is 0 Å². The number of imidazole rings is 1. The van der Waals surface area contributed by atoms with Crippen LogP contribution in [0.4, 0.5) is 4.39 Å². The lowest BCUT2D eigenvalue weighted by Crippen LogP contribution is -2.24. The summed E-state index contributed by atoms with van der Waals surface area (Å²) in [5.41, 5.74) is -0.282. The van der Waals surface area contributed by atoms with E-state index >= 15 is 0 Å². The van der Waals surface area contributed by atoms with Gasteiger partial charge in [0, 0.05) is 31.2 Å². The van der Waals surface area contributed by atoms with Gasteiger partial charge in [0.05, 0.1) is 22.6 Å². The summed E-state index contributed by atoms with van der Waals surface area (Å²) in [4.78, 5) is 13.2. The molecule has 0 amide bonds. The summed E-state index contributed by atoms with van der Waals surface area (Å²) in [5, 5.41) is 14.5. The molecule has 0 radical (unpaired) electrons. The quantitative estimate of drug-likeness (QED) is 0.515. The Morgan fingerprint density at radius 3 is 2.60 bits per heavy atom. The molecular weight excluding hydrogens is 433 g/mol. The number of sulfonamides is 1. The monoisotopic (exact) mass is 455 g/mol. The molecule has 0 saturated heterocycles. The Balaban J connectivity index is 2.12. The summed E-state index contributed by atoms with van der Waals surface area (Å²) in [6.45, 7) is 1.82. The largest absolute Gasteiger partial charge is 0.385 e. The van der Waals surface area contributed by atoms with Crippen molar-refractivity contribution in [3.63, 3.8) is 0 Å². The van der Waals surface area contributed by atoms with Crippen LogP contribution in [0.2, 0.25) is 0 Å². The number of hydrogen-bond acceptors (Lipinski definition) is 7. The molecule has 3 aromatic rings. The second kappa shape index (κ2) is 7.52. The molecule has 30 heavy (non-hydrogen) atoms. The zero-order valence-corrected chi connectivity index (χ0v) is 18.2. The number of hydrogen-bond donors (Lipinski definition) is 1. The third kappa shape index (κ3) is 3.37. The van der Waals surface area contributed by atoms with Gasteiger partial charge in [0.15, 0.2) is 0 Å². The van der Waals surface area contributed by atoms with Crippen LogP contribution in [-0.4, -0.2) is 48.1 Å². The van der Waals surface area contributed by atoms with Crippen molar-refractivity contribution in [1.29, 1.82) is 0 Å². The molecule has 0 unspecified atom stereocenters. The summed E-state index contributed by atoms with van der Waals surface area (Å²) in [7, 11) is -2.57. The number of methoxy groups -OCH3 is 1. The van der Waals surface area contributed by atoms with Crippen molar-refractivity contribution in [2.24, 2.45) is 5.14 Å². The van der Waals surface area contributed by atoms with Crippen LogP contribution < -0.4 is 10.8 Å². The van der Waals surface area contributed by atoms with Gasteiger partial charge >= 0.3 is 5.69 Å². The van der Waals surface area contributed by atoms with Gasteiger partial charge in [-0.2, -0.15) is 0 Å². The number of rotatable bonds is 8. The maximum absolute atomic E-state index is 14.1. The predicted molar refractivity (Wildman–Crippen MR) is 110 cm³/mol. The number of alkyl halides is 1. The van der Waals surface area contributed by atoms with Gasteiger partial charge in [-0.05, 0) is 38.3 Å². The second-order valence-corrected chi connectivity index (χ2v) is 10.2. The van der Waals surface area contributed by atoms with Crippen LogP contribution in [0, 0.1) is 6.92 Å². The Labute approximate surface area is 176 Å². The van der Waals surface area contributed by atoms with Crippen LogP contribution >= 0.6 is 11.3 Å². The zero-order valence-electron chi connectivity index (χ0n) is 16.6. The number of halogens is 1.